The number of fused-ring (bicyclic) bond motifs is 6. The van der Waals surface area contributed by atoms with Gasteiger partial charge in [-0.3, -0.25) is 0 Å². The zero-order valence-corrected chi connectivity index (χ0v) is 33.7. The van der Waals surface area contributed by atoms with Gasteiger partial charge in [-0.25, -0.2) is 9.97 Å². The Labute approximate surface area is 360 Å². The minimum Gasteiger partial charge on any atom is -0.455 e. The maximum atomic E-state index is 6.45. The van der Waals surface area contributed by atoms with Crippen LogP contribution in [0.15, 0.2) is 235 Å². The van der Waals surface area contributed by atoms with Gasteiger partial charge in [0.25, 0.3) is 0 Å². The summed E-state index contributed by atoms with van der Waals surface area (Å²) >= 11 is 0. The molecule has 1 aliphatic rings. The number of nitrogens with zero attached hydrogens (tertiary/aromatic N) is 2. The number of hydrogen-bond donors (Lipinski definition) is 0. The highest BCUT2D eigenvalue weighted by Gasteiger charge is 2.47. The van der Waals surface area contributed by atoms with Gasteiger partial charge in [-0.15, -0.1) is 0 Å². The summed E-state index contributed by atoms with van der Waals surface area (Å²) in [7, 11) is 0. The SMILES string of the molecule is c1ccc(-c2nc(-c3ccc(-c4cccc5c4C(c4ccccc4)(c4ccccc4)c4ccccc4-5)cc3)cc(-c3cccc(-c4cccc5c4oc4ccccc45)c3)n2)cc1. The zero-order valence-electron chi connectivity index (χ0n) is 33.7. The summed E-state index contributed by atoms with van der Waals surface area (Å²) in [6, 6.07) is 82.2. The quantitative estimate of drug-likeness (QED) is 0.161. The summed E-state index contributed by atoms with van der Waals surface area (Å²) in [5.41, 5.74) is 18.1. The van der Waals surface area contributed by atoms with E-state index in [0.717, 1.165) is 66.7 Å². The highest BCUT2D eigenvalue weighted by molar-refractivity contribution is 6.09. The number of aromatic nitrogens is 2. The summed E-state index contributed by atoms with van der Waals surface area (Å²) < 4.78 is 6.45. The van der Waals surface area contributed by atoms with E-state index in [1.54, 1.807) is 0 Å². The Morgan fingerprint density at radius 2 is 0.871 bits per heavy atom. The standard InChI is InChI=1S/C59H38N2O/c1-4-17-41(18-5-1)58-60-53(38-54(61-58)43-20-14-19-42(37-43)47-28-16-30-51-49-26-11-13-32-55(49)62-57(47)51)40-35-33-39(34-36-40)46-27-15-29-50-48-25-10-12-31-52(48)59(56(46)50,44-21-6-2-7-22-44)45-23-8-3-9-24-45/h1-38H. The van der Waals surface area contributed by atoms with Crippen molar-refractivity contribution < 1.29 is 4.42 Å². The molecule has 12 rings (SSSR count). The lowest BCUT2D eigenvalue weighted by molar-refractivity contribution is 0.670. The van der Waals surface area contributed by atoms with Crippen LogP contribution in [0.5, 0.6) is 0 Å². The predicted octanol–water partition coefficient (Wildman–Crippen LogP) is 15.1. The average Bonchev–Trinajstić information content (AvgIpc) is 3.89. The Hall–Kier alpha value is -8.14. The molecule has 3 heteroatoms. The van der Waals surface area contributed by atoms with E-state index in [9.17, 15) is 0 Å². The molecular weight excluding hydrogens is 753 g/mol. The van der Waals surface area contributed by atoms with Gasteiger partial charge in [-0.2, -0.15) is 0 Å². The molecule has 0 saturated carbocycles. The molecular formula is C59H38N2O. The lowest BCUT2D eigenvalue weighted by atomic mass is 9.66. The third-order valence-electron chi connectivity index (χ3n) is 12.6. The Balaban J connectivity index is 0.990. The Morgan fingerprint density at radius 1 is 0.339 bits per heavy atom. The molecule has 0 radical (unpaired) electrons. The molecule has 11 aromatic rings. The molecule has 0 N–H and O–H groups in total. The van der Waals surface area contributed by atoms with Gasteiger partial charge in [0, 0.05) is 33.0 Å². The monoisotopic (exact) mass is 790 g/mol. The van der Waals surface area contributed by atoms with Gasteiger partial charge < -0.3 is 4.42 Å². The molecule has 0 aliphatic heterocycles. The van der Waals surface area contributed by atoms with Gasteiger partial charge in [0.05, 0.1) is 16.8 Å². The first-order valence-corrected chi connectivity index (χ1v) is 21.1. The van der Waals surface area contributed by atoms with Crippen LogP contribution in [0.25, 0.3) is 89.2 Å². The fourth-order valence-corrected chi connectivity index (χ4v) is 9.84. The predicted molar refractivity (Wildman–Crippen MR) is 254 cm³/mol. The van der Waals surface area contributed by atoms with Crippen LogP contribution in [0, 0.1) is 0 Å². The van der Waals surface area contributed by atoms with E-state index < -0.39 is 5.41 Å². The van der Waals surface area contributed by atoms with Crippen molar-refractivity contribution in [2.75, 3.05) is 0 Å². The van der Waals surface area contributed by atoms with E-state index >= 15 is 0 Å². The summed E-state index contributed by atoms with van der Waals surface area (Å²) in [5, 5.41) is 2.23. The van der Waals surface area contributed by atoms with Gasteiger partial charge >= 0.3 is 0 Å². The van der Waals surface area contributed by atoms with Gasteiger partial charge in [-0.05, 0) is 68.3 Å². The van der Waals surface area contributed by atoms with E-state index in [1.807, 2.05) is 30.3 Å². The molecule has 0 amide bonds. The molecule has 2 aromatic heterocycles. The smallest absolute Gasteiger partial charge is 0.160 e. The minimum absolute atomic E-state index is 0.500. The van der Waals surface area contributed by atoms with Gasteiger partial charge in [-0.1, -0.05) is 212 Å². The molecule has 0 fully saturated rings. The third-order valence-corrected chi connectivity index (χ3v) is 12.6. The molecule has 0 spiro atoms. The lowest BCUT2D eigenvalue weighted by Gasteiger charge is -2.35. The first kappa shape index (κ1) is 35.8. The number of rotatable bonds is 7. The van der Waals surface area contributed by atoms with Crippen molar-refractivity contribution >= 4 is 21.9 Å². The fourth-order valence-electron chi connectivity index (χ4n) is 9.84. The van der Waals surface area contributed by atoms with E-state index in [0.29, 0.717) is 5.82 Å². The molecule has 0 saturated heterocycles. The first-order valence-electron chi connectivity index (χ1n) is 21.1. The number of para-hydroxylation sites is 2. The van der Waals surface area contributed by atoms with Gasteiger partial charge in [0.15, 0.2) is 5.82 Å². The van der Waals surface area contributed by atoms with E-state index in [4.69, 9.17) is 14.4 Å². The van der Waals surface area contributed by atoms with Crippen molar-refractivity contribution in [2.45, 2.75) is 5.41 Å². The Kier molecular flexibility index (Phi) is 8.39. The second-order valence-electron chi connectivity index (χ2n) is 16.0. The van der Waals surface area contributed by atoms with E-state index in [2.05, 4.69) is 200 Å². The molecule has 2 heterocycles. The largest absolute Gasteiger partial charge is 0.455 e. The normalized spacial score (nSPS) is 12.6. The number of furan rings is 1. The van der Waals surface area contributed by atoms with Crippen molar-refractivity contribution in [1.29, 1.82) is 0 Å². The van der Waals surface area contributed by atoms with Crippen LogP contribution in [0.3, 0.4) is 0 Å². The minimum atomic E-state index is -0.500. The summed E-state index contributed by atoms with van der Waals surface area (Å²) in [6.45, 7) is 0. The second kappa shape index (κ2) is 14.5. The van der Waals surface area contributed by atoms with Crippen LogP contribution in [0.4, 0.5) is 0 Å². The van der Waals surface area contributed by atoms with Crippen LogP contribution >= 0.6 is 0 Å². The van der Waals surface area contributed by atoms with Crippen LogP contribution in [-0.2, 0) is 5.41 Å². The van der Waals surface area contributed by atoms with E-state index in [-0.39, 0.29) is 0 Å². The maximum Gasteiger partial charge on any atom is 0.160 e. The van der Waals surface area contributed by atoms with Crippen molar-refractivity contribution in [3.05, 3.63) is 253 Å². The summed E-state index contributed by atoms with van der Waals surface area (Å²) in [5.74, 6) is 0.682. The zero-order chi connectivity index (χ0) is 41.0. The summed E-state index contributed by atoms with van der Waals surface area (Å²) in [6.07, 6.45) is 0. The molecule has 9 aromatic carbocycles. The Morgan fingerprint density at radius 3 is 1.65 bits per heavy atom. The molecule has 3 nitrogen and oxygen atoms in total. The maximum absolute atomic E-state index is 6.45. The van der Waals surface area contributed by atoms with Crippen LogP contribution in [-0.4, -0.2) is 9.97 Å². The van der Waals surface area contributed by atoms with Crippen molar-refractivity contribution in [3.8, 4) is 67.3 Å². The highest BCUT2D eigenvalue weighted by Crippen LogP contribution is 2.58. The Bertz CT molecular complexity index is 3400. The van der Waals surface area contributed by atoms with Crippen LogP contribution in [0.1, 0.15) is 22.3 Å². The van der Waals surface area contributed by atoms with Crippen LogP contribution < -0.4 is 0 Å². The second-order valence-corrected chi connectivity index (χ2v) is 16.0. The summed E-state index contributed by atoms with van der Waals surface area (Å²) in [4.78, 5) is 10.4. The molecule has 1 aliphatic carbocycles. The molecule has 0 unspecified atom stereocenters. The number of hydrogen-bond acceptors (Lipinski definition) is 3. The first-order chi connectivity index (χ1) is 30.7. The topological polar surface area (TPSA) is 38.9 Å². The van der Waals surface area contributed by atoms with Crippen molar-refractivity contribution in [2.24, 2.45) is 0 Å². The molecule has 290 valence electrons. The third kappa shape index (κ3) is 5.67. The van der Waals surface area contributed by atoms with Crippen LogP contribution in [0.2, 0.25) is 0 Å². The molecule has 0 bridgehead atoms. The average molecular weight is 791 g/mol. The lowest BCUT2D eigenvalue weighted by Crippen LogP contribution is -2.29. The van der Waals surface area contributed by atoms with E-state index in [1.165, 1.54) is 38.9 Å². The van der Waals surface area contributed by atoms with Crippen molar-refractivity contribution in [1.82, 2.24) is 9.97 Å². The highest BCUT2D eigenvalue weighted by atomic mass is 16.3. The molecule has 0 atom stereocenters. The number of benzene rings is 9. The molecule has 62 heavy (non-hydrogen) atoms. The fraction of sp³-hybridized carbons (Fsp3) is 0.0169. The van der Waals surface area contributed by atoms with Gasteiger partial charge in [0.2, 0.25) is 0 Å². The van der Waals surface area contributed by atoms with Crippen molar-refractivity contribution in [3.63, 3.8) is 0 Å². The van der Waals surface area contributed by atoms with Gasteiger partial charge in [0.1, 0.15) is 11.2 Å².